The summed E-state index contributed by atoms with van der Waals surface area (Å²) >= 11 is 0. The first kappa shape index (κ1) is 25.5. The van der Waals surface area contributed by atoms with Crippen LogP contribution in [0.3, 0.4) is 0 Å². The van der Waals surface area contributed by atoms with Gasteiger partial charge in [0.05, 0.1) is 12.7 Å². The molecule has 0 radical (unpaired) electrons. The van der Waals surface area contributed by atoms with Crippen LogP contribution in [-0.4, -0.2) is 68.7 Å². The summed E-state index contributed by atoms with van der Waals surface area (Å²) in [5, 5.41) is 15.9. The lowest BCUT2D eigenvalue weighted by molar-refractivity contribution is -0.304. The van der Waals surface area contributed by atoms with Crippen LogP contribution in [0.1, 0.15) is 22.8 Å². The van der Waals surface area contributed by atoms with Crippen molar-refractivity contribution < 1.29 is 33.6 Å². The van der Waals surface area contributed by atoms with E-state index < -0.39 is 36.1 Å². The third-order valence-electron chi connectivity index (χ3n) is 5.76. The monoisotopic (exact) mass is 471 g/mol. The second kappa shape index (κ2) is 11.8. The van der Waals surface area contributed by atoms with Crippen LogP contribution >= 0.6 is 0 Å². The number of esters is 1. The van der Waals surface area contributed by atoms with Gasteiger partial charge in [-0.1, -0.05) is 41.5 Å². The van der Waals surface area contributed by atoms with E-state index in [4.69, 9.17) is 23.7 Å². The van der Waals surface area contributed by atoms with Crippen LogP contribution in [0.4, 0.5) is 0 Å². The lowest BCUT2D eigenvalue weighted by atomic mass is 9.78. The number of para-hydroxylation sites is 1. The molecule has 0 amide bonds. The van der Waals surface area contributed by atoms with E-state index >= 15 is 0 Å². The predicted octanol–water partition coefficient (Wildman–Crippen LogP) is 3.28. The molecule has 10 nitrogen and oxygen atoms in total. The second-order valence-corrected chi connectivity index (χ2v) is 7.74. The Morgan fingerprint density at radius 3 is 2.53 bits per heavy atom. The maximum absolute atomic E-state index is 12.6. The molecule has 3 rings (SSSR count). The molecular formula is C24H29N3O7. The summed E-state index contributed by atoms with van der Waals surface area (Å²) in [5.74, 6) is -0.0393. The number of benzene rings is 2. The fourth-order valence-electron chi connectivity index (χ4n) is 4.12. The molecule has 1 N–H and O–H groups in total. The molecule has 5 atom stereocenters. The number of hydrogen-bond donors (Lipinski definition) is 1. The molecule has 1 fully saturated rings. The number of ether oxygens (including phenoxy) is 5. The third-order valence-corrected chi connectivity index (χ3v) is 5.76. The van der Waals surface area contributed by atoms with Crippen molar-refractivity contribution in [2.75, 3.05) is 27.4 Å². The van der Waals surface area contributed by atoms with Gasteiger partial charge in [-0.3, -0.25) is 0 Å². The lowest BCUT2D eigenvalue weighted by Gasteiger charge is -2.49. The van der Waals surface area contributed by atoms with E-state index in [1.807, 2.05) is 0 Å². The van der Waals surface area contributed by atoms with E-state index in [1.54, 1.807) is 61.5 Å². The number of carbonyl (C=O) groups is 1. The minimum Gasteiger partial charge on any atom is -0.496 e. The van der Waals surface area contributed by atoms with Crippen LogP contribution in [0, 0.1) is 0 Å². The molecule has 10 heteroatoms. The molecule has 2 aromatic rings. The topological polar surface area (TPSA) is 132 Å². The number of aliphatic hydroxyl groups is 1. The van der Waals surface area contributed by atoms with Gasteiger partial charge in [0, 0.05) is 25.0 Å². The highest BCUT2D eigenvalue weighted by molar-refractivity contribution is 5.89. The molecule has 0 aromatic heterocycles. The van der Waals surface area contributed by atoms with Crippen molar-refractivity contribution >= 4 is 5.97 Å². The molecule has 1 aliphatic rings. The quantitative estimate of drug-likeness (QED) is 0.243. The summed E-state index contributed by atoms with van der Waals surface area (Å²) in [6.45, 7) is 1.73. The average molecular weight is 472 g/mol. The summed E-state index contributed by atoms with van der Waals surface area (Å²) in [6.07, 6.45) is -2.98. The van der Waals surface area contributed by atoms with Crippen molar-refractivity contribution in [2.45, 2.75) is 43.5 Å². The van der Waals surface area contributed by atoms with Gasteiger partial charge in [-0.05, 0) is 36.2 Å². The molecular weight excluding hydrogens is 442 g/mol. The Morgan fingerprint density at radius 1 is 1.18 bits per heavy atom. The van der Waals surface area contributed by atoms with Gasteiger partial charge in [0.2, 0.25) is 0 Å². The van der Waals surface area contributed by atoms with Crippen LogP contribution in [0.5, 0.6) is 5.75 Å². The zero-order valence-corrected chi connectivity index (χ0v) is 19.4. The number of nitrogens with zero attached hydrogens (tertiary/aromatic N) is 3. The number of carbonyl (C=O) groups excluding carboxylic acids is 1. The van der Waals surface area contributed by atoms with Gasteiger partial charge in [0.15, 0.2) is 6.29 Å². The molecule has 0 spiro atoms. The fraction of sp³-hybridized carbons (Fsp3) is 0.458. The van der Waals surface area contributed by atoms with Gasteiger partial charge in [-0.2, -0.15) is 0 Å². The fourth-order valence-corrected chi connectivity index (χ4v) is 4.12. The van der Waals surface area contributed by atoms with Gasteiger partial charge in [0.25, 0.3) is 0 Å². The predicted molar refractivity (Wildman–Crippen MR) is 122 cm³/mol. The Hall–Kier alpha value is -3.14. The first-order valence-corrected chi connectivity index (χ1v) is 10.9. The van der Waals surface area contributed by atoms with E-state index in [1.165, 1.54) is 14.2 Å². The molecule has 1 aliphatic heterocycles. The molecule has 0 aliphatic carbocycles. The van der Waals surface area contributed by atoms with Gasteiger partial charge in [-0.25, -0.2) is 4.79 Å². The summed E-state index contributed by atoms with van der Waals surface area (Å²) in [5.41, 5.74) is 8.51. The van der Waals surface area contributed by atoms with Gasteiger partial charge >= 0.3 is 5.97 Å². The highest BCUT2D eigenvalue weighted by Gasteiger charge is 2.56. The molecule has 0 saturated carbocycles. The van der Waals surface area contributed by atoms with Crippen molar-refractivity contribution in [3.63, 3.8) is 0 Å². The standard InChI is InChI=1S/C24H29N3O7/c1-4-32-20-21(26-27-25)24(29,14-17-12-8-9-13-18(17)30-2)19(34-23(20)31-3)15-33-22(28)16-10-6-5-7-11-16/h5-13,19-21,23,29H,4,14-15H2,1-3H3/t19-,20+,21+,23+,24-/m1/s1. The van der Waals surface area contributed by atoms with E-state index in [9.17, 15) is 15.4 Å². The van der Waals surface area contributed by atoms with Crippen LogP contribution in [0.15, 0.2) is 59.7 Å². The van der Waals surface area contributed by atoms with Crippen LogP contribution < -0.4 is 4.74 Å². The maximum atomic E-state index is 12.6. The summed E-state index contributed by atoms with van der Waals surface area (Å²) < 4.78 is 28.2. The van der Waals surface area contributed by atoms with E-state index in [-0.39, 0.29) is 19.6 Å². The molecule has 2 aromatic carbocycles. The van der Waals surface area contributed by atoms with Crippen molar-refractivity contribution in [3.05, 3.63) is 76.2 Å². The number of hydrogen-bond acceptors (Lipinski definition) is 8. The van der Waals surface area contributed by atoms with Gasteiger partial charge in [-0.15, -0.1) is 0 Å². The maximum Gasteiger partial charge on any atom is 0.338 e. The third kappa shape index (κ3) is 5.49. The largest absolute Gasteiger partial charge is 0.496 e. The van der Waals surface area contributed by atoms with Crippen LogP contribution in [0.25, 0.3) is 10.4 Å². The van der Waals surface area contributed by atoms with Gasteiger partial charge in [0.1, 0.15) is 36.2 Å². The zero-order valence-electron chi connectivity index (χ0n) is 19.4. The normalized spacial score (nSPS) is 26.4. The van der Waals surface area contributed by atoms with E-state index in [2.05, 4.69) is 10.0 Å². The second-order valence-electron chi connectivity index (χ2n) is 7.74. The number of methoxy groups -OCH3 is 2. The van der Waals surface area contributed by atoms with E-state index in [0.717, 1.165) is 0 Å². The SMILES string of the molecule is CCO[C@@H]1[C@@H](OC)O[C@H](COC(=O)c2ccccc2)[C@](O)(Cc2ccccc2OC)[C@H]1N=[N+]=[N-]. The Bertz CT molecular complexity index is 999. The highest BCUT2D eigenvalue weighted by Crippen LogP contribution is 2.38. The Kier molecular flexibility index (Phi) is 8.86. The summed E-state index contributed by atoms with van der Waals surface area (Å²) in [7, 11) is 2.94. The first-order chi connectivity index (χ1) is 16.5. The number of rotatable bonds is 10. The molecule has 182 valence electrons. The molecule has 1 heterocycles. The smallest absolute Gasteiger partial charge is 0.338 e. The minimum absolute atomic E-state index is 0.0196. The Balaban J connectivity index is 1.98. The van der Waals surface area contributed by atoms with Gasteiger partial charge < -0.3 is 28.8 Å². The zero-order chi connectivity index (χ0) is 24.6. The van der Waals surface area contributed by atoms with Crippen LogP contribution in [0.2, 0.25) is 0 Å². The Morgan fingerprint density at radius 2 is 1.88 bits per heavy atom. The van der Waals surface area contributed by atoms with Crippen molar-refractivity contribution in [1.82, 2.24) is 0 Å². The minimum atomic E-state index is -1.81. The molecule has 1 saturated heterocycles. The first-order valence-electron chi connectivity index (χ1n) is 10.9. The van der Waals surface area contributed by atoms with E-state index in [0.29, 0.717) is 16.9 Å². The lowest BCUT2D eigenvalue weighted by Crippen LogP contribution is -2.68. The molecule has 34 heavy (non-hydrogen) atoms. The Labute approximate surface area is 198 Å². The van der Waals surface area contributed by atoms with Crippen molar-refractivity contribution in [3.8, 4) is 5.75 Å². The summed E-state index contributed by atoms with van der Waals surface area (Å²) in [6, 6.07) is 14.5. The van der Waals surface area contributed by atoms with Crippen LogP contribution in [-0.2, 0) is 25.4 Å². The number of azide groups is 1. The molecule has 0 bridgehead atoms. The molecule has 0 unspecified atom stereocenters. The summed E-state index contributed by atoms with van der Waals surface area (Å²) in [4.78, 5) is 15.5. The van der Waals surface area contributed by atoms with Crippen molar-refractivity contribution in [1.29, 1.82) is 0 Å². The van der Waals surface area contributed by atoms with Crippen molar-refractivity contribution in [2.24, 2.45) is 5.11 Å². The average Bonchev–Trinajstić information content (AvgIpc) is 2.86. The highest BCUT2D eigenvalue weighted by atomic mass is 16.7.